The molecular formula is C15H28O. The molecule has 0 spiro atoms. The van der Waals surface area contributed by atoms with Gasteiger partial charge in [-0.3, -0.25) is 0 Å². The molecule has 2 unspecified atom stereocenters. The summed E-state index contributed by atoms with van der Waals surface area (Å²) >= 11 is 0. The van der Waals surface area contributed by atoms with E-state index in [0.717, 1.165) is 25.7 Å². The van der Waals surface area contributed by atoms with Gasteiger partial charge in [-0.15, -0.1) is 0 Å². The van der Waals surface area contributed by atoms with E-state index in [1.54, 1.807) is 0 Å². The van der Waals surface area contributed by atoms with Crippen molar-refractivity contribution in [3.63, 3.8) is 0 Å². The first-order valence-electron chi connectivity index (χ1n) is 6.85. The lowest BCUT2D eigenvalue weighted by atomic mass is 9.72. The topological polar surface area (TPSA) is 20.2 Å². The molecule has 2 aliphatic rings. The zero-order chi connectivity index (χ0) is 12.2. The van der Waals surface area contributed by atoms with Gasteiger partial charge in [-0.1, -0.05) is 38.8 Å². The van der Waals surface area contributed by atoms with E-state index in [4.69, 9.17) is 0 Å². The van der Waals surface area contributed by atoms with Crippen molar-refractivity contribution < 1.29 is 5.11 Å². The molecule has 94 valence electrons. The SMILES string of the molecule is CC1=CCC2(C)CCCC2(O)CC1.CCC. The molecule has 16 heavy (non-hydrogen) atoms. The molecule has 0 heterocycles. The summed E-state index contributed by atoms with van der Waals surface area (Å²) in [5.41, 5.74) is 1.27. The molecular weight excluding hydrogens is 196 g/mol. The fraction of sp³-hybridized carbons (Fsp3) is 0.867. The van der Waals surface area contributed by atoms with Gasteiger partial charge in [0.1, 0.15) is 0 Å². The quantitative estimate of drug-likeness (QED) is 0.603. The summed E-state index contributed by atoms with van der Waals surface area (Å²) in [7, 11) is 0. The van der Waals surface area contributed by atoms with Crippen LogP contribution in [0.25, 0.3) is 0 Å². The van der Waals surface area contributed by atoms with Crippen LogP contribution in [0.15, 0.2) is 11.6 Å². The Labute approximate surface area is 101 Å². The number of rotatable bonds is 0. The van der Waals surface area contributed by atoms with Crippen LogP contribution in [-0.2, 0) is 0 Å². The Balaban J connectivity index is 0.000000386. The summed E-state index contributed by atoms with van der Waals surface area (Å²) in [6, 6.07) is 0. The van der Waals surface area contributed by atoms with Crippen molar-refractivity contribution in [2.45, 2.75) is 78.2 Å². The predicted octanol–water partition coefficient (Wildman–Crippen LogP) is 4.45. The number of allylic oxidation sites excluding steroid dienone is 2. The Kier molecular flexibility index (Phi) is 4.61. The zero-order valence-corrected chi connectivity index (χ0v) is 11.5. The number of hydrogen-bond acceptors (Lipinski definition) is 1. The van der Waals surface area contributed by atoms with Gasteiger partial charge in [0.2, 0.25) is 0 Å². The first-order valence-corrected chi connectivity index (χ1v) is 6.85. The maximum atomic E-state index is 10.5. The molecule has 0 radical (unpaired) electrons. The minimum Gasteiger partial charge on any atom is -0.389 e. The summed E-state index contributed by atoms with van der Waals surface area (Å²) < 4.78 is 0. The third kappa shape index (κ3) is 2.68. The molecule has 1 nitrogen and oxygen atoms in total. The molecule has 0 aromatic carbocycles. The second-order valence-electron chi connectivity index (χ2n) is 5.91. The molecule has 2 aliphatic carbocycles. The molecule has 1 saturated carbocycles. The van der Waals surface area contributed by atoms with E-state index < -0.39 is 0 Å². The highest BCUT2D eigenvalue weighted by Gasteiger charge is 2.49. The van der Waals surface area contributed by atoms with E-state index in [0.29, 0.717) is 0 Å². The zero-order valence-electron chi connectivity index (χ0n) is 11.5. The van der Waals surface area contributed by atoms with Crippen molar-refractivity contribution in [1.29, 1.82) is 0 Å². The molecule has 1 fully saturated rings. The van der Waals surface area contributed by atoms with Crippen molar-refractivity contribution in [1.82, 2.24) is 0 Å². The monoisotopic (exact) mass is 224 g/mol. The molecule has 1 N–H and O–H groups in total. The highest BCUT2D eigenvalue weighted by molar-refractivity contribution is 5.13. The second kappa shape index (κ2) is 5.35. The first kappa shape index (κ1) is 13.8. The van der Waals surface area contributed by atoms with Crippen molar-refractivity contribution in [2.75, 3.05) is 0 Å². The molecule has 0 amide bonds. The van der Waals surface area contributed by atoms with E-state index in [9.17, 15) is 5.11 Å². The van der Waals surface area contributed by atoms with Gasteiger partial charge in [0.05, 0.1) is 5.60 Å². The average Bonchev–Trinajstić information content (AvgIpc) is 2.47. The van der Waals surface area contributed by atoms with Gasteiger partial charge in [0.25, 0.3) is 0 Å². The smallest absolute Gasteiger partial charge is 0.0707 e. The maximum Gasteiger partial charge on any atom is 0.0707 e. The lowest BCUT2D eigenvalue weighted by molar-refractivity contribution is -0.0546. The van der Waals surface area contributed by atoms with Crippen LogP contribution >= 0.6 is 0 Å². The lowest BCUT2D eigenvalue weighted by Gasteiger charge is -2.38. The van der Waals surface area contributed by atoms with Crippen molar-refractivity contribution in [2.24, 2.45) is 5.41 Å². The van der Waals surface area contributed by atoms with Crippen LogP contribution in [-0.4, -0.2) is 10.7 Å². The Morgan fingerprint density at radius 2 is 1.88 bits per heavy atom. The lowest BCUT2D eigenvalue weighted by Crippen LogP contribution is -2.40. The number of fused-ring (bicyclic) bond motifs is 1. The fourth-order valence-electron chi connectivity index (χ4n) is 2.93. The molecule has 2 rings (SSSR count). The van der Waals surface area contributed by atoms with Crippen molar-refractivity contribution in [3.05, 3.63) is 11.6 Å². The average molecular weight is 224 g/mol. The van der Waals surface area contributed by atoms with Crippen LogP contribution in [0.4, 0.5) is 0 Å². The summed E-state index contributed by atoms with van der Waals surface area (Å²) in [6.45, 7) is 8.70. The summed E-state index contributed by atoms with van der Waals surface area (Å²) in [6.07, 6.45) is 10.2. The van der Waals surface area contributed by atoms with Crippen LogP contribution in [0.1, 0.15) is 72.6 Å². The molecule has 0 aromatic heterocycles. The van der Waals surface area contributed by atoms with E-state index in [1.807, 2.05) is 0 Å². The molecule has 1 heteroatoms. The van der Waals surface area contributed by atoms with Gasteiger partial charge in [0.15, 0.2) is 0 Å². The Hall–Kier alpha value is -0.300. The van der Waals surface area contributed by atoms with Gasteiger partial charge >= 0.3 is 0 Å². The first-order chi connectivity index (χ1) is 7.47. The van der Waals surface area contributed by atoms with E-state index in [1.165, 1.54) is 24.8 Å². The molecule has 0 saturated heterocycles. The second-order valence-corrected chi connectivity index (χ2v) is 5.91. The maximum absolute atomic E-state index is 10.5. The van der Waals surface area contributed by atoms with Gasteiger partial charge in [0, 0.05) is 0 Å². The van der Waals surface area contributed by atoms with Crippen LogP contribution in [0.3, 0.4) is 0 Å². The van der Waals surface area contributed by atoms with Crippen molar-refractivity contribution >= 4 is 0 Å². The summed E-state index contributed by atoms with van der Waals surface area (Å²) in [5, 5.41) is 10.5. The number of aliphatic hydroxyl groups is 1. The standard InChI is InChI=1S/C12H20O.C3H8/c1-10-4-8-11(2)6-3-7-12(11,13)9-5-10;1-3-2/h4,13H,3,5-9H2,1-2H3;3H2,1-2H3. The molecule has 2 atom stereocenters. The Morgan fingerprint density at radius 3 is 2.50 bits per heavy atom. The Bertz CT molecular complexity index is 256. The van der Waals surface area contributed by atoms with Crippen molar-refractivity contribution in [3.8, 4) is 0 Å². The van der Waals surface area contributed by atoms with Gasteiger partial charge in [-0.2, -0.15) is 0 Å². The normalized spacial score (nSPS) is 37.9. The highest BCUT2D eigenvalue weighted by atomic mass is 16.3. The molecule has 0 aromatic rings. The third-order valence-electron chi connectivity index (χ3n) is 4.28. The largest absolute Gasteiger partial charge is 0.389 e. The summed E-state index contributed by atoms with van der Waals surface area (Å²) in [4.78, 5) is 0. The van der Waals surface area contributed by atoms with Gasteiger partial charge in [-0.25, -0.2) is 0 Å². The van der Waals surface area contributed by atoms with E-state index in [-0.39, 0.29) is 11.0 Å². The van der Waals surface area contributed by atoms with Crippen LogP contribution in [0, 0.1) is 5.41 Å². The number of hydrogen-bond donors (Lipinski definition) is 1. The van der Waals surface area contributed by atoms with Crippen LogP contribution < -0.4 is 0 Å². The van der Waals surface area contributed by atoms with E-state index in [2.05, 4.69) is 33.8 Å². The minimum atomic E-state index is -0.360. The van der Waals surface area contributed by atoms with Gasteiger partial charge in [-0.05, 0) is 50.9 Å². The summed E-state index contributed by atoms with van der Waals surface area (Å²) in [5.74, 6) is 0. The minimum absolute atomic E-state index is 0.171. The predicted molar refractivity (Wildman–Crippen MR) is 70.5 cm³/mol. The van der Waals surface area contributed by atoms with Gasteiger partial charge < -0.3 is 5.11 Å². The molecule has 0 bridgehead atoms. The highest BCUT2D eigenvalue weighted by Crippen LogP contribution is 2.52. The van der Waals surface area contributed by atoms with Crippen LogP contribution in [0.5, 0.6) is 0 Å². The molecule has 0 aliphatic heterocycles. The third-order valence-corrected chi connectivity index (χ3v) is 4.28. The Morgan fingerprint density at radius 1 is 1.25 bits per heavy atom. The van der Waals surface area contributed by atoms with E-state index >= 15 is 0 Å². The van der Waals surface area contributed by atoms with Crippen LogP contribution in [0.2, 0.25) is 0 Å². The fourth-order valence-corrected chi connectivity index (χ4v) is 2.93.